The Hall–Kier alpha value is -4.23. The smallest absolute Gasteiger partial charge is 0.418 e. The summed E-state index contributed by atoms with van der Waals surface area (Å²) in [4.78, 5) is 23.7. The summed E-state index contributed by atoms with van der Waals surface area (Å²) in [6.07, 6.45) is -16.8. The molecule has 3 aromatic rings. The molecule has 0 atom stereocenters. The van der Waals surface area contributed by atoms with Crippen molar-refractivity contribution in [2.24, 2.45) is 0 Å². The first-order valence-electron chi connectivity index (χ1n) is 9.70. The van der Waals surface area contributed by atoms with Gasteiger partial charge in [-0.05, 0) is 29.8 Å². The molecule has 3 aromatic carbocycles. The largest absolute Gasteiger partial charge is 0.478 e. The molecule has 14 heteroatoms. The summed E-state index contributed by atoms with van der Waals surface area (Å²) in [5.74, 6) is -7.28. The number of carboxylic acid groups (broad SMARTS) is 2. The highest BCUT2D eigenvalue weighted by Gasteiger charge is 2.50. The van der Waals surface area contributed by atoms with Crippen molar-refractivity contribution in [1.82, 2.24) is 0 Å². The molecule has 2 N–H and O–H groups in total. The number of hydrogen-bond acceptors (Lipinski definition) is 3. The normalized spacial score (nSPS) is 12.4. The number of alkyl halides is 9. The van der Waals surface area contributed by atoms with Gasteiger partial charge in [-0.1, -0.05) is 30.3 Å². The number of benzene rings is 3. The molecule has 0 amide bonds. The highest BCUT2D eigenvalue weighted by atomic mass is 19.4. The molecule has 3 rings (SSSR count). The van der Waals surface area contributed by atoms with Crippen molar-refractivity contribution in [3.05, 3.63) is 82.4 Å². The molecule has 0 saturated heterocycles. The van der Waals surface area contributed by atoms with Crippen molar-refractivity contribution in [3.8, 4) is 22.6 Å². The van der Waals surface area contributed by atoms with Crippen molar-refractivity contribution >= 4 is 11.9 Å². The zero-order valence-corrected chi connectivity index (χ0v) is 17.7. The van der Waals surface area contributed by atoms with Crippen molar-refractivity contribution in [1.29, 1.82) is 0 Å². The minimum atomic E-state index is -5.94. The highest BCUT2D eigenvalue weighted by Crippen LogP contribution is 2.52. The van der Waals surface area contributed by atoms with Crippen LogP contribution in [0.2, 0.25) is 0 Å². The predicted molar refractivity (Wildman–Crippen MR) is 107 cm³/mol. The fourth-order valence-electron chi connectivity index (χ4n) is 3.52. The lowest BCUT2D eigenvalue weighted by Gasteiger charge is -2.25. The van der Waals surface area contributed by atoms with Gasteiger partial charge in [0.2, 0.25) is 0 Å². The van der Waals surface area contributed by atoms with E-state index in [-0.39, 0.29) is 0 Å². The van der Waals surface area contributed by atoms with Gasteiger partial charge in [-0.2, -0.15) is 39.5 Å². The lowest BCUT2D eigenvalue weighted by molar-refractivity contribution is -0.144. The Balaban J connectivity index is 2.63. The van der Waals surface area contributed by atoms with E-state index in [1.807, 2.05) is 0 Å². The number of halogens is 9. The average molecular weight is 538 g/mol. The quantitative estimate of drug-likeness (QED) is 0.327. The lowest BCUT2D eigenvalue weighted by Crippen LogP contribution is -2.25. The summed E-state index contributed by atoms with van der Waals surface area (Å²) >= 11 is 0. The first-order chi connectivity index (χ1) is 16.9. The Bertz CT molecular complexity index is 1340. The summed E-state index contributed by atoms with van der Waals surface area (Å²) < 4.78 is 129. The molecule has 0 aliphatic carbocycles. The molecule has 0 bridgehead atoms. The van der Waals surface area contributed by atoms with E-state index in [1.54, 1.807) is 0 Å². The molecule has 0 radical (unpaired) electrons. The Morgan fingerprint density at radius 3 is 1.51 bits per heavy atom. The number of carbonyl (C=O) groups is 2. The third-order valence-corrected chi connectivity index (χ3v) is 4.91. The van der Waals surface area contributed by atoms with Crippen LogP contribution in [0.4, 0.5) is 39.5 Å². The van der Waals surface area contributed by atoms with Gasteiger partial charge in [0.05, 0.1) is 22.3 Å². The molecular weight excluding hydrogens is 527 g/mol. The van der Waals surface area contributed by atoms with Crippen molar-refractivity contribution in [3.63, 3.8) is 0 Å². The van der Waals surface area contributed by atoms with Gasteiger partial charge in [-0.3, -0.25) is 0 Å². The topological polar surface area (TPSA) is 83.8 Å². The number of aromatic carboxylic acids is 2. The monoisotopic (exact) mass is 538 g/mol. The molecular formula is C23H11F9O5. The first-order valence-corrected chi connectivity index (χ1v) is 9.70. The SMILES string of the molecule is O=C(O)c1c(Oc2ccccc2)c(-c2ccc(C(F)(F)F)cc2)c(C(F)(F)F)c(C(=O)O)c1C(F)(F)F. The van der Waals surface area contributed by atoms with Gasteiger partial charge in [-0.25, -0.2) is 9.59 Å². The number of hydrogen-bond donors (Lipinski definition) is 2. The van der Waals surface area contributed by atoms with Crippen LogP contribution in [0.5, 0.6) is 11.5 Å². The van der Waals surface area contributed by atoms with Crippen LogP contribution >= 0.6 is 0 Å². The van der Waals surface area contributed by atoms with Crippen LogP contribution < -0.4 is 4.74 Å². The van der Waals surface area contributed by atoms with Gasteiger partial charge in [0.1, 0.15) is 11.3 Å². The van der Waals surface area contributed by atoms with Crippen LogP contribution in [0.25, 0.3) is 11.1 Å². The third kappa shape index (κ3) is 5.47. The predicted octanol–water partition coefficient (Wildman–Crippen LogP) is 7.60. The second-order valence-corrected chi connectivity index (χ2v) is 7.30. The standard InChI is InChI=1S/C23H11F9O5/c24-21(25,26)11-8-6-10(7-9-11)13-16(22(27,28)29)14(19(33)34)17(23(30,31)32)15(20(35)36)18(13)37-12-4-2-1-3-5-12/h1-9H,(H,33,34)(H,35,36). The molecule has 37 heavy (non-hydrogen) atoms. The van der Waals surface area contributed by atoms with Crippen LogP contribution in [0.15, 0.2) is 54.6 Å². The molecule has 196 valence electrons. The maximum atomic E-state index is 14.2. The van der Waals surface area contributed by atoms with Crippen molar-refractivity contribution in [2.75, 3.05) is 0 Å². The summed E-state index contributed by atoms with van der Waals surface area (Å²) in [7, 11) is 0. The van der Waals surface area contributed by atoms with E-state index in [4.69, 9.17) is 4.74 Å². The summed E-state index contributed by atoms with van der Waals surface area (Å²) in [5.41, 5.74) is -13.3. The van der Waals surface area contributed by atoms with Crippen molar-refractivity contribution < 1.29 is 64.1 Å². The molecule has 0 spiro atoms. The van der Waals surface area contributed by atoms with E-state index >= 15 is 0 Å². The van der Waals surface area contributed by atoms with E-state index in [9.17, 15) is 59.3 Å². The number of para-hydroxylation sites is 1. The minimum Gasteiger partial charge on any atom is -0.478 e. The van der Waals surface area contributed by atoms with E-state index in [0.29, 0.717) is 24.3 Å². The molecule has 0 aliphatic rings. The number of carboxylic acids is 2. The summed E-state index contributed by atoms with van der Waals surface area (Å²) in [5, 5.41) is 19.0. The molecule has 5 nitrogen and oxygen atoms in total. The molecule has 0 saturated carbocycles. The van der Waals surface area contributed by atoms with Gasteiger partial charge in [-0.15, -0.1) is 0 Å². The average Bonchev–Trinajstić information content (AvgIpc) is 2.76. The second kappa shape index (κ2) is 9.33. The zero-order valence-electron chi connectivity index (χ0n) is 17.7. The van der Waals surface area contributed by atoms with Gasteiger partial charge in [0.25, 0.3) is 0 Å². The minimum absolute atomic E-state index is 0.292. The Morgan fingerprint density at radius 2 is 1.11 bits per heavy atom. The van der Waals surface area contributed by atoms with Crippen LogP contribution in [0.1, 0.15) is 37.4 Å². The molecule has 0 heterocycles. The van der Waals surface area contributed by atoms with Gasteiger partial charge in [0.15, 0.2) is 5.75 Å². The highest BCUT2D eigenvalue weighted by molar-refractivity contribution is 6.04. The maximum Gasteiger partial charge on any atom is 0.418 e. The number of ether oxygens (including phenoxy) is 1. The second-order valence-electron chi connectivity index (χ2n) is 7.30. The van der Waals surface area contributed by atoms with Gasteiger partial charge in [0, 0.05) is 5.56 Å². The molecule has 0 fully saturated rings. The zero-order chi connectivity index (χ0) is 27.9. The van der Waals surface area contributed by atoms with Crippen LogP contribution in [0, 0.1) is 0 Å². The van der Waals surface area contributed by atoms with E-state index < -0.39 is 80.9 Å². The summed E-state index contributed by atoms with van der Waals surface area (Å²) in [6.45, 7) is 0. The van der Waals surface area contributed by atoms with E-state index in [2.05, 4.69) is 0 Å². The van der Waals surface area contributed by atoms with Crippen molar-refractivity contribution in [2.45, 2.75) is 18.5 Å². The van der Waals surface area contributed by atoms with E-state index in [0.717, 1.165) is 12.1 Å². The molecule has 0 unspecified atom stereocenters. The molecule has 0 aromatic heterocycles. The number of rotatable bonds is 5. The van der Waals surface area contributed by atoms with Crippen LogP contribution in [0.3, 0.4) is 0 Å². The fourth-order valence-corrected chi connectivity index (χ4v) is 3.52. The van der Waals surface area contributed by atoms with Crippen LogP contribution in [-0.4, -0.2) is 22.2 Å². The maximum absolute atomic E-state index is 14.2. The Kier molecular flexibility index (Phi) is 6.90. The van der Waals surface area contributed by atoms with Crippen LogP contribution in [-0.2, 0) is 18.5 Å². The fraction of sp³-hybridized carbons (Fsp3) is 0.130. The Morgan fingerprint density at radius 1 is 0.622 bits per heavy atom. The van der Waals surface area contributed by atoms with E-state index in [1.165, 1.54) is 18.2 Å². The van der Waals surface area contributed by atoms with Gasteiger partial charge >= 0.3 is 30.5 Å². The van der Waals surface area contributed by atoms with Gasteiger partial charge < -0.3 is 14.9 Å². The molecule has 0 aliphatic heterocycles. The lowest BCUT2D eigenvalue weighted by atomic mass is 9.86. The first kappa shape index (κ1) is 27.4. The summed E-state index contributed by atoms with van der Waals surface area (Å²) in [6, 6.07) is 7.41. The third-order valence-electron chi connectivity index (χ3n) is 4.91. The Labute approximate surface area is 200 Å².